The average molecular weight is 401 g/mol. The molecule has 110 valence electrons. The monoisotopic (exact) mass is 401 g/mol. The number of anilines is 2. The zero-order chi connectivity index (χ0) is 15.4. The number of hydrogen-bond donors (Lipinski definition) is 1. The first kappa shape index (κ1) is 14.8. The van der Waals surface area contributed by atoms with Crippen molar-refractivity contribution in [3.63, 3.8) is 0 Å². The number of fused-ring (bicyclic) bond motifs is 1. The molecule has 3 nitrogen and oxygen atoms in total. The number of nitrogens with one attached hydrogen (secondary N) is 1. The number of nitrogens with zero attached hydrogens (tertiary/aromatic N) is 2. The van der Waals surface area contributed by atoms with E-state index in [0.29, 0.717) is 0 Å². The SMILES string of the molecule is CN(C(=NI)Nc1cccc2ccccc12)c1ccccc1. The average Bonchev–Trinajstić information content (AvgIpc) is 2.60. The maximum atomic E-state index is 4.37. The van der Waals surface area contributed by atoms with Crippen molar-refractivity contribution in [1.29, 1.82) is 0 Å². The second kappa shape index (κ2) is 6.79. The minimum absolute atomic E-state index is 0.795. The van der Waals surface area contributed by atoms with E-state index in [9.17, 15) is 0 Å². The molecule has 0 bridgehead atoms. The topological polar surface area (TPSA) is 27.6 Å². The summed E-state index contributed by atoms with van der Waals surface area (Å²) in [6.07, 6.45) is 0. The predicted octanol–water partition coefficient (Wildman–Crippen LogP) is 5.09. The lowest BCUT2D eigenvalue weighted by molar-refractivity contribution is 1.25. The smallest absolute Gasteiger partial charge is 0.213 e. The second-order valence-electron chi connectivity index (χ2n) is 4.95. The van der Waals surface area contributed by atoms with Crippen LogP contribution in [0.2, 0.25) is 0 Å². The lowest BCUT2D eigenvalue weighted by atomic mass is 10.1. The van der Waals surface area contributed by atoms with Crippen molar-refractivity contribution in [3.05, 3.63) is 72.8 Å². The van der Waals surface area contributed by atoms with Crippen LogP contribution >= 0.6 is 22.9 Å². The number of para-hydroxylation sites is 1. The normalized spacial score (nSPS) is 11.5. The molecule has 4 heteroatoms. The number of hydrogen-bond acceptors (Lipinski definition) is 1. The van der Waals surface area contributed by atoms with Gasteiger partial charge in [0, 0.05) is 23.8 Å². The summed E-state index contributed by atoms with van der Waals surface area (Å²) < 4.78 is 4.37. The molecule has 0 saturated carbocycles. The van der Waals surface area contributed by atoms with Crippen molar-refractivity contribution in [1.82, 2.24) is 0 Å². The predicted molar refractivity (Wildman–Crippen MR) is 104 cm³/mol. The molecule has 0 aliphatic rings. The van der Waals surface area contributed by atoms with Crippen LogP contribution in [0.15, 0.2) is 76.0 Å². The summed E-state index contributed by atoms with van der Waals surface area (Å²) in [5, 5.41) is 5.83. The zero-order valence-electron chi connectivity index (χ0n) is 12.2. The van der Waals surface area contributed by atoms with Crippen molar-refractivity contribution in [2.45, 2.75) is 0 Å². The molecular weight excluding hydrogens is 385 g/mol. The van der Waals surface area contributed by atoms with Crippen molar-refractivity contribution < 1.29 is 0 Å². The lowest BCUT2D eigenvalue weighted by Crippen LogP contribution is -2.32. The fourth-order valence-electron chi connectivity index (χ4n) is 2.39. The number of halogens is 1. The highest BCUT2D eigenvalue weighted by Crippen LogP contribution is 2.24. The molecule has 22 heavy (non-hydrogen) atoms. The van der Waals surface area contributed by atoms with Crippen molar-refractivity contribution >= 4 is 51.0 Å². The van der Waals surface area contributed by atoms with E-state index in [-0.39, 0.29) is 0 Å². The highest BCUT2D eigenvalue weighted by Gasteiger charge is 2.10. The van der Waals surface area contributed by atoms with E-state index in [1.165, 1.54) is 10.8 Å². The summed E-state index contributed by atoms with van der Waals surface area (Å²) in [6, 6.07) is 24.8. The lowest BCUT2D eigenvalue weighted by Gasteiger charge is -2.22. The highest BCUT2D eigenvalue weighted by atomic mass is 127. The number of rotatable bonds is 2. The molecule has 0 saturated heterocycles. The molecular formula is C18H16IN3. The summed E-state index contributed by atoms with van der Waals surface area (Å²) in [6.45, 7) is 0. The highest BCUT2D eigenvalue weighted by molar-refractivity contribution is 14.1. The first-order valence-corrected chi connectivity index (χ1v) is 7.98. The molecule has 1 N–H and O–H groups in total. The van der Waals surface area contributed by atoms with Gasteiger partial charge in [-0.15, -0.1) is 0 Å². The van der Waals surface area contributed by atoms with E-state index in [1.807, 2.05) is 53.0 Å². The Morgan fingerprint density at radius 1 is 0.909 bits per heavy atom. The molecule has 0 amide bonds. The minimum atomic E-state index is 0.795. The largest absolute Gasteiger partial charge is 0.325 e. The first-order valence-electron chi connectivity index (χ1n) is 7.02. The van der Waals surface area contributed by atoms with Gasteiger partial charge in [-0.25, -0.2) is 0 Å². The zero-order valence-corrected chi connectivity index (χ0v) is 14.4. The molecule has 0 aliphatic carbocycles. The van der Waals surface area contributed by atoms with E-state index >= 15 is 0 Å². The van der Waals surface area contributed by atoms with Gasteiger partial charge in [-0.3, -0.25) is 0 Å². The third kappa shape index (κ3) is 3.06. The Kier molecular flexibility index (Phi) is 4.58. The number of guanidine groups is 1. The van der Waals surface area contributed by atoms with Crippen LogP contribution in [0.5, 0.6) is 0 Å². The first-order chi connectivity index (χ1) is 10.8. The van der Waals surface area contributed by atoms with Crippen LogP contribution in [0, 0.1) is 0 Å². The van der Waals surface area contributed by atoms with Crippen LogP contribution in [-0.2, 0) is 0 Å². The van der Waals surface area contributed by atoms with Crippen LogP contribution in [0.3, 0.4) is 0 Å². The minimum Gasteiger partial charge on any atom is -0.325 e. The Morgan fingerprint density at radius 2 is 1.59 bits per heavy atom. The molecule has 0 fully saturated rings. The standard InChI is InChI=1S/C18H16IN3/c1-22(15-10-3-2-4-11-15)18(21-19)20-17-13-7-9-14-8-5-6-12-16(14)17/h2-13H,1H3,(H,20,21). The molecule has 0 unspecified atom stereocenters. The fraction of sp³-hybridized carbons (Fsp3) is 0.0556. The van der Waals surface area contributed by atoms with Gasteiger partial charge in [0.15, 0.2) is 0 Å². The van der Waals surface area contributed by atoms with Crippen LogP contribution in [-0.4, -0.2) is 13.0 Å². The Balaban J connectivity index is 1.93. The van der Waals surface area contributed by atoms with Gasteiger partial charge < -0.3 is 10.2 Å². The van der Waals surface area contributed by atoms with Gasteiger partial charge in [-0.1, -0.05) is 54.6 Å². The third-order valence-corrected chi connectivity index (χ3v) is 4.03. The van der Waals surface area contributed by atoms with Crippen molar-refractivity contribution in [2.75, 3.05) is 17.3 Å². The van der Waals surface area contributed by atoms with Gasteiger partial charge in [0.05, 0.1) is 22.9 Å². The van der Waals surface area contributed by atoms with Gasteiger partial charge in [0.2, 0.25) is 5.96 Å². The van der Waals surface area contributed by atoms with E-state index in [0.717, 1.165) is 17.3 Å². The Hall–Kier alpha value is -2.08. The van der Waals surface area contributed by atoms with Gasteiger partial charge in [-0.05, 0) is 23.6 Å². The van der Waals surface area contributed by atoms with Gasteiger partial charge in [0.25, 0.3) is 0 Å². The van der Waals surface area contributed by atoms with E-state index in [1.54, 1.807) is 0 Å². The molecule has 0 atom stereocenters. The molecule has 0 heterocycles. The summed E-state index contributed by atoms with van der Waals surface area (Å²) in [5.74, 6) is 0.795. The van der Waals surface area contributed by atoms with Crippen LogP contribution in [0.25, 0.3) is 10.8 Å². The van der Waals surface area contributed by atoms with Gasteiger partial charge >= 0.3 is 0 Å². The van der Waals surface area contributed by atoms with Crippen molar-refractivity contribution in [2.24, 2.45) is 3.21 Å². The van der Waals surface area contributed by atoms with Crippen LogP contribution in [0.4, 0.5) is 11.4 Å². The summed E-state index contributed by atoms with van der Waals surface area (Å²) in [5.41, 5.74) is 2.14. The summed E-state index contributed by atoms with van der Waals surface area (Å²) in [4.78, 5) is 2.04. The number of benzene rings is 3. The molecule has 0 radical (unpaired) electrons. The maximum Gasteiger partial charge on any atom is 0.213 e. The quantitative estimate of drug-likeness (QED) is 0.368. The summed E-state index contributed by atoms with van der Waals surface area (Å²) >= 11 is 2.03. The van der Waals surface area contributed by atoms with Gasteiger partial charge in [-0.2, -0.15) is 3.21 Å². The van der Waals surface area contributed by atoms with E-state index in [4.69, 9.17) is 0 Å². The summed E-state index contributed by atoms with van der Waals surface area (Å²) in [7, 11) is 2.00. The molecule has 3 aromatic carbocycles. The molecule has 0 spiro atoms. The van der Waals surface area contributed by atoms with Crippen LogP contribution < -0.4 is 10.2 Å². The Morgan fingerprint density at radius 3 is 2.36 bits per heavy atom. The molecule has 3 rings (SSSR count). The second-order valence-corrected chi connectivity index (χ2v) is 5.44. The maximum absolute atomic E-state index is 4.37. The fourth-order valence-corrected chi connectivity index (χ4v) is 2.83. The molecule has 3 aromatic rings. The Bertz CT molecular complexity index is 794. The van der Waals surface area contributed by atoms with E-state index < -0.39 is 0 Å². The van der Waals surface area contributed by atoms with E-state index in [2.05, 4.69) is 63.1 Å². The van der Waals surface area contributed by atoms with Gasteiger partial charge in [0.1, 0.15) is 0 Å². The van der Waals surface area contributed by atoms with Crippen LogP contribution in [0.1, 0.15) is 0 Å². The molecule has 0 aliphatic heterocycles. The Labute approximate surface area is 144 Å². The van der Waals surface area contributed by atoms with Crippen molar-refractivity contribution in [3.8, 4) is 0 Å². The third-order valence-electron chi connectivity index (χ3n) is 3.58. The molecule has 0 aromatic heterocycles.